The lowest BCUT2D eigenvalue weighted by Gasteiger charge is -2.46. The molecule has 0 aromatic heterocycles. The van der Waals surface area contributed by atoms with E-state index in [0.29, 0.717) is 12.8 Å². The van der Waals surface area contributed by atoms with Crippen molar-refractivity contribution in [1.82, 2.24) is 5.32 Å². The lowest BCUT2D eigenvalue weighted by atomic mass is 9.97. The molecular weight excluding hydrogens is 1290 g/mol. The quantitative estimate of drug-likeness (QED) is 0.0204. The lowest BCUT2D eigenvalue weighted by Crippen LogP contribution is -2.65. The molecule has 0 aliphatic carbocycles. The van der Waals surface area contributed by atoms with Crippen LogP contribution in [0.25, 0.3) is 0 Å². The van der Waals surface area contributed by atoms with Crippen LogP contribution in [0.15, 0.2) is 158 Å². The predicted molar refractivity (Wildman–Crippen MR) is 428 cm³/mol. The monoisotopic (exact) mass is 1440 g/mol. The summed E-state index contributed by atoms with van der Waals surface area (Å²) in [5.41, 5.74) is 0. The Kier molecular flexibility index (Phi) is 64.9. The second-order valence-corrected chi connectivity index (χ2v) is 28.2. The van der Waals surface area contributed by atoms with E-state index < -0.39 is 86.8 Å². The molecule has 2 heterocycles. The van der Waals surface area contributed by atoms with E-state index in [9.17, 15) is 45.6 Å². The molecule has 0 spiro atoms. The first-order valence-electron chi connectivity index (χ1n) is 41.2. The van der Waals surface area contributed by atoms with Crippen molar-refractivity contribution < 1.29 is 64.6 Å². The number of rotatable bonds is 67. The van der Waals surface area contributed by atoms with Gasteiger partial charge in [0.1, 0.15) is 48.8 Å². The van der Waals surface area contributed by atoms with Gasteiger partial charge in [-0.2, -0.15) is 0 Å². The van der Waals surface area contributed by atoms with Gasteiger partial charge in [0.05, 0.1) is 32.0 Å². The molecule has 588 valence electrons. The average Bonchev–Trinajstić information content (AvgIpc) is 0.791. The second kappa shape index (κ2) is 70.6. The molecule has 0 radical (unpaired) electrons. The summed E-state index contributed by atoms with van der Waals surface area (Å²) in [5.74, 6) is -0.272. The summed E-state index contributed by atoms with van der Waals surface area (Å²) in [6.45, 7) is 2.68. The third-order valence-corrected chi connectivity index (χ3v) is 18.9. The molecule has 2 aliphatic heterocycles. The number of aliphatic hydroxyl groups is 8. The van der Waals surface area contributed by atoms with Gasteiger partial charge < -0.3 is 65.1 Å². The molecular formula is C89H149NO13. The second-order valence-electron chi connectivity index (χ2n) is 28.2. The molecule has 103 heavy (non-hydrogen) atoms. The van der Waals surface area contributed by atoms with Crippen molar-refractivity contribution in [3.63, 3.8) is 0 Å². The summed E-state index contributed by atoms with van der Waals surface area (Å²) in [6.07, 6.45) is 91.8. The summed E-state index contributed by atoms with van der Waals surface area (Å²) in [4.78, 5) is 13.4. The van der Waals surface area contributed by atoms with Gasteiger partial charge >= 0.3 is 0 Å². The van der Waals surface area contributed by atoms with Crippen molar-refractivity contribution >= 4 is 5.91 Å². The van der Waals surface area contributed by atoms with Gasteiger partial charge in [0.15, 0.2) is 12.6 Å². The van der Waals surface area contributed by atoms with Crippen LogP contribution < -0.4 is 5.32 Å². The van der Waals surface area contributed by atoms with Crippen molar-refractivity contribution in [2.75, 3.05) is 19.8 Å². The number of allylic oxidation sites excluding steroid dienone is 25. The molecule has 2 fully saturated rings. The normalized spacial score (nSPS) is 22.4. The van der Waals surface area contributed by atoms with Crippen LogP contribution in [0.5, 0.6) is 0 Å². The van der Waals surface area contributed by atoms with E-state index in [2.05, 4.69) is 165 Å². The van der Waals surface area contributed by atoms with Gasteiger partial charge in [-0.3, -0.25) is 4.79 Å². The third-order valence-electron chi connectivity index (χ3n) is 18.9. The van der Waals surface area contributed by atoms with Gasteiger partial charge in [0.25, 0.3) is 0 Å². The standard InChI is InChI=1S/C89H149NO13/c1-3-5-7-9-11-13-15-17-19-21-23-25-27-29-31-33-35-36-37-38-39-40-41-42-43-45-47-49-51-53-55-57-59-61-63-65-67-69-71-73-81(94)90-77(76-100-88-86(99)84(97)87(80(75-92)102-88)103-89-85(98)83(96)82(95)79(74-91)101-89)78(93)72-70-68-66-64-62-60-58-56-54-52-50-48-46-44-34-32-30-28-26-24-22-20-18-16-14-12-10-8-6-4-2/h5,7,11,13,17,19,23,25,29,31,35-36,38-39,41-42,45,47,51,53,57,59,62,64,70,72,77-80,82-89,91-93,95-99H,3-4,6,8-10,12,14-16,18,20-22,24,26-28,30,32-34,37,40,43-44,46,48-50,52,54-56,58,60-61,63,65-69,71,73-76H2,1-2H3,(H,90,94)/b7-5-,13-11-,19-17-,25-23-,31-29-,36-35-,39-38-,42-41-,47-45-,53-51-,59-57-,64-62+,72-70+. The predicted octanol–water partition coefficient (Wildman–Crippen LogP) is 19.3. The summed E-state index contributed by atoms with van der Waals surface area (Å²) in [6, 6.07) is -0.957. The summed E-state index contributed by atoms with van der Waals surface area (Å²) >= 11 is 0. The zero-order valence-corrected chi connectivity index (χ0v) is 64.5. The molecule has 2 rings (SSSR count). The number of carbonyl (C=O) groups is 1. The fourth-order valence-electron chi connectivity index (χ4n) is 12.5. The first kappa shape index (κ1) is 94.7. The number of carbonyl (C=O) groups excluding carboxylic acids is 1. The van der Waals surface area contributed by atoms with Crippen LogP contribution in [0, 0.1) is 0 Å². The fourth-order valence-corrected chi connectivity index (χ4v) is 12.5. The Labute approximate surface area is 626 Å². The highest BCUT2D eigenvalue weighted by atomic mass is 16.7. The molecule has 2 saturated heterocycles. The van der Waals surface area contributed by atoms with Crippen LogP contribution in [0.2, 0.25) is 0 Å². The number of amides is 1. The van der Waals surface area contributed by atoms with E-state index >= 15 is 0 Å². The minimum atomic E-state index is -1.80. The molecule has 12 unspecified atom stereocenters. The highest BCUT2D eigenvalue weighted by molar-refractivity contribution is 5.76. The molecule has 0 bridgehead atoms. The van der Waals surface area contributed by atoms with Gasteiger partial charge in [-0.25, -0.2) is 0 Å². The number of hydrogen-bond donors (Lipinski definition) is 9. The van der Waals surface area contributed by atoms with Crippen LogP contribution in [-0.4, -0.2) is 140 Å². The minimum Gasteiger partial charge on any atom is -0.394 e. The van der Waals surface area contributed by atoms with E-state index in [1.807, 2.05) is 6.08 Å². The maximum atomic E-state index is 13.4. The molecule has 0 saturated carbocycles. The third kappa shape index (κ3) is 53.1. The largest absolute Gasteiger partial charge is 0.394 e. The smallest absolute Gasteiger partial charge is 0.220 e. The maximum Gasteiger partial charge on any atom is 0.220 e. The fraction of sp³-hybridized carbons (Fsp3) is 0.697. The molecule has 14 heteroatoms. The lowest BCUT2D eigenvalue weighted by molar-refractivity contribution is -0.359. The van der Waals surface area contributed by atoms with Gasteiger partial charge in [0.2, 0.25) is 5.91 Å². The Morgan fingerprint density at radius 2 is 0.680 bits per heavy atom. The number of aliphatic hydroxyl groups excluding tert-OH is 8. The average molecular weight is 1440 g/mol. The van der Waals surface area contributed by atoms with Gasteiger partial charge in [0, 0.05) is 6.42 Å². The zero-order valence-electron chi connectivity index (χ0n) is 64.5. The molecule has 0 aromatic rings. The van der Waals surface area contributed by atoms with Crippen molar-refractivity contribution in [3.05, 3.63) is 158 Å². The van der Waals surface area contributed by atoms with Crippen molar-refractivity contribution in [2.24, 2.45) is 0 Å². The Morgan fingerprint density at radius 3 is 1.07 bits per heavy atom. The highest BCUT2D eigenvalue weighted by Gasteiger charge is 2.51. The van der Waals surface area contributed by atoms with E-state index in [1.165, 1.54) is 154 Å². The number of unbranched alkanes of at least 4 members (excludes halogenated alkanes) is 30. The zero-order chi connectivity index (χ0) is 74.4. The van der Waals surface area contributed by atoms with Crippen molar-refractivity contribution in [3.8, 4) is 0 Å². The Balaban J connectivity index is 1.66. The van der Waals surface area contributed by atoms with Crippen LogP contribution in [0.4, 0.5) is 0 Å². The van der Waals surface area contributed by atoms with Crippen molar-refractivity contribution in [1.29, 1.82) is 0 Å². The van der Waals surface area contributed by atoms with Gasteiger partial charge in [-0.1, -0.05) is 339 Å². The van der Waals surface area contributed by atoms with Gasteiger partial charge in [-0.15, -0.1) is 0 Å². The van der Waals surface area contributed by atoms with E-state index in [1.54, 1.807) is 6.08 Å². The molecule has 14 nitrogen and oxygen atoms in total. The first-order valence-corrected chi connectivity index (χ1v) is 41.2. The van der Waals surface area contributed by atoms with Crippen molar-refractivity contribution in [2.45, 2.75) is 376 Å². The molecule has 2 aliphatic rings. The number of ether oxygens (including phenoxy) is 4. The van der Waals surface area contributed by atoms with E-state index in [0.717, 1.165) is 116 Å². The molecule has 12 atom stereocenters. The summed E-state index contributed by atoms with van der Waals surface area (Å²) < 4.78 is 22.9. The Morgan fingerprint density at radius 1 is 0.359 bits per heavy atom. The Bertz CT molecular complexity index is 2350. The molecule has 9 N–H and O–H groups in total. The van der Waals surface area contributed by atoms with E-state index in [4.69, 9.17) is 18.9 Å². The Hall–Kier alpha value is -4.39. The highest BCUT2D eigenvalue weighted by Crippen LogP contribution is 2.30. The van der Waals surface area contributed by atoms with Gasteiger partial charge in [-0.05, 0) is 116 Å². The molecule has 0 aromatic carbocycles. The van der Waals surface area contributed by atoms with Crippen LogP contribution in [-0.2, 0) is 23.7 Å². The van der Waals surface area contributed by atoms with Crippen LogP contribution in [0.1, 0.15) is 303 Å². The topological polar surface area (TPSA) is 228 Å². The SMILES string of the molecule is CC/C=C\C/C=C\C/C=C\C/C=C\C/C=C\C/C=C\C/C=C\C/C=C\C/C=C\C/C=C\C/C=C\CCCCCCCC(=O)NC(COC1OC(CO)C(OC2OC(CO)C(O)C(O)C2O)C(O)C1O)C(O)/C=C/CC/C=C/CCCCCCCCCCCCCCCCCCCCCCCCCC. The van der Waals surface area contributed by atoms with Crippen LogP contribution >= 0.6 is 0 Å². The number of nitrogens with one attached hydrogen (secondary N) is 1. The maximum absolute atomic E-state index is 13.4. The minimum absolute atomic E-state index is 0.241. The number of hydrogen-bond acceptors (Lipinski definition) is 13. The van der Waals surface area contributed by atoms with Crippen LogP contribution in [0.3, 0.4) is 0 Å². The summed E-state index contributed by atoms with van der Waals surface area (Å²) in [5, 5.41) is 87.7. The molecule has 1 amide bonds. The van der Waals surface area contributed by atoms with E-state index in [-0.39, 0.29) is 18.9 Å². The summed E-state index contributed by atoms with van der Waals surface area (Å²) in [7, 11) is 0. The first-order chi connectivity index (χ1) is 50.6.